The van der Waals surface area contributed by atoms with Gasteiger partial charge in [-0.25, -0.2) is 4.68 Å². The van der Waals surface area contributed by atoms with Gasteiger partial charge in [0, 0.05) is 11.3 Å². The molecular weight excluding hydrogens is 222 g/mol. The van der Waals surface area contributed by atoms with E-state index in [1.807, 2.05) is 16.8 Å². The molecule has 0 aliphatic heterocycles. The first-order valence-electron chi connectivity index (χ1n) is 6.38. The van der Waals surface area contributed by atoms with Gasteiger partial charge in [0.25, 0.3) is 0 Å². The van der Waals surface area contributed by atoms with Crippen LogP contribution in [0, 0.1) is 18.3 Å². The molecule has 90 valence electrons. The Kier molecular flexibility index (Phi) is 2.64. The van der Waals surface area contributed by atoms with E-state index < -0.39 is 0 Å². The Hall–Kier alpha value is -2.08. The number of fused-ring (bicyclic) bond motifs is 1. The Morgan fingerprint density at radius 1 is 1.22 bits per heavy atom. The molecule has 0 unspecified atom stereocenters. The maximum absolute atomic E-state index is 9.20. The number of nitrogens with zero attached hydrogens (tertiary/aromatic N) is 3. The molecule has 0 bridgehead atoms. The predicted octanol–water partition coefficient (Wildman–Crippen LogP) is 2.93. The van der Waals surface area contributed by atoms with E-state index in [1.54, 1.807) is 0 Å². The van der Waals surface area contributed by atoms with Gasteiger partial charge >= 0.3 is 0 Å². The summed E-state index contributed by atoms with van der Waals surface area (Å²) >= 11 is 0. The summed E-state index contributed by atoms with van der Waals surface area (Å²) in [5.41, 5.74) is 5.28. The number of benzene rings is 1. The van der Waals surface area contributed by atoms with Crippen LogP contribution in [0.25, 0.3) is 5.69 Å². The third-order valence-corrected chi connectivity index (χ3v) is 3.63. The fraction of sp³-hybridized carbons (Fsp3) is 0.333. The summed E-state index contributed by atoms with van der Waals surface area (Å²) < 4.78 is 1.97. The van der Waals surface area contributed by atoms with Crippen LogP contribution in [-0.2, 0) is 12.8 Å². The lowest BCUT2D eigenvalue weighted by atomic mass is 9.96. The number of aryl methyl sites for hydroxylation is 1. The second-order valence-corrected chi connectivity index (χ2v) is 4.79. The van der Waals surface area contributed by atoms with Crippen molar-refractivity contribution in [1.29, 1.82) is 5.26 Å². The van der Waals surface area contributed by atoms with Gasteiger partial charge in [0.15, 0.2) is 5.69 Å². The Bertz CT molecular complexity index is 632. The summed E-state index contributed by atoms with van der Waals surface area (Å²) in [4.78, 5) is 0. The molecule has 0 N–H and O–H groups in total. The molecule has 1 aliphatic rings. The van der Waals surface area contributed by atoms with Gasteiger partial charge in [-0.15, -0.1) is 0 Å². The van der Waals surface area contributed by atoms with Crippen LogP contribution in [0.3, 0.4) is 0 Å². The van der Waals surface area contributed by atoms with E-state index in [4.69, 9.17) is 0 Å². The lowest BCUT2D eigenvalue weighted by Gasteiger charge is -2.14. The molecule has 1 aliphatic carbocycles. The molecule has 0 atom stereocenters. The van der Waals surface area contributed by atoms with Crippen LogP contribution in [-0.4, -0.2) is 9.78 Å². The molecule has 3 rings (SSSR count). The van der Waals surface area contributed by atoms with E-state index in [0.717, 1.165) is 24.1 Å². The van der Waals surface area contributed by atoms with Crippen molar-refractivity contribution in [2.75, 3.05) is 0 Å². The monoisotopic (exact) mass is 237 g/mol. The van der Waals surface area contributed by atoms with E-state index in [2.05, 4.69) is 30.2 Å². The first-order chi connectivity index (χ1) is 8.81. The van der Waals surface area contributed by atoms with Gasteiger partial charge in [0.1, 0.15) is 6.07 Å². The van der Waals surface area contributed by atoms with Gasteiger partial charge < -0.3 is 0 Å². The van der Waals surface area contributed by atoms with E-state index in [1.165, 1.54) is 24.1 Å². The van der Waals surface area contributed by atoms with Crippen molar-refractivity contribution in [3.63, 3.8) is 0 Å². The van der Waals surface area contributed by atoms with Gasteiger partial charge in [0.05, 0.1) is 5.69 Å². The predicted molar refractivity (Wildman–Crippen MR) is 69.7 cm³/mol. The van der Waals surface area contributed by atoms with Crippen molar-refractivity contribution in [3.8, 4) is 11.8 Å². The van der Waals surface area contributed by atoms with Crippen LogP contribution in [0.2, 0.25) is 0 Å². The maximum Gasteiger partial charge on any atom is 0.166 e. The van der Waals surface area contributed by atoms with Crippen LogP contribution >= 0.6 is 0 Å². The number of hydrogen-bond donors (Lipinski definition) is 0. The highest BCUT2D eigenvalue weighted by Gasteiger charge is 2.21. The third-order valence-electron chi connectivity index (χ3n) is 3.63. The standard InChI is InChI=1S/C15H15N3/c1-11-6-2-4-8-14(11)18-15-9-5-3-7-12(15)13(10-16)17-18/h2,4,6,8H,3,5,7,9H2,1H3. The Morgan fingerprint density at radius 3 is 2.78 bits per heavy atom. The summed E-state index contributed by atoms with van der Waals surface area (Å²) in [6.07, 6.45) is 4.37. The van der Waals surface area contributed by atoms with E-state index in [0.29, 0.717) is 5.69 Å². The fourth-order valence-electron chi connectivity index (χ4n) is 2.69. The molecule has 3 heteroatoms. The zero-order chi connectivity index (χ0) is 12.5. The summed E-state index contributed by atoms with van der Waals surface area (Å²) in [5.74, 6) is 0. The van der Waals surface area contributed by atoms with Crippen LogP contribution in [0.5, 0.6) is 0 Å². The third kappa shape index (κ3) is 1.62. The minimum Gasteiger partial charge on any atom is -0.236 e. The lowest BCUT2D eigenvalue weighted by Crippen LogP contribution is -2.08. The van der Waals surface area contributed by atoms with E-state index in [9.17, 15) is 5.26 Å². The van der Waals surface area contributed by atoms with E-state index >= 15 is 0 Å². The molecule has 0 spiro atoms. The number of rotatable bonds is 1. The Morgan fingerprint density at radius 2 is 2.00 bits per heavy atom. The van der Waals surface area contributed by atoms with Gasteiger partial charge in [-0.2, -0.15) is 10.4 Å². The Labute approximate surface area is 107 Å². The molecule has 3 nitrogen and oxygen atoms in total. The van der Waals surface area contributed by atoms with E-state index in [-0.39, 0.29) is 0 Å². The zero-order valence-corrected chi connectivity index (χ0v) is 10.5. The highest BCUT2D eigenvalue weighted by atomic mass is 15.3. The van der Waals surface area contributed by atoms with Crippen LogP contribution in [0.1, 0.15) is 35.4 Å². The molecular formula is C15H15N3. The molecule has 18 heavy (non-hydrogen) atoms. The molecule has 0 saturated heterocycles. The first-order valence-corrected chi connectivity index (χ1v) is 6.38. The normalized spacial score (nSPS) is 14.0. The molecule has 0 radical (unpaired) electrons. The molecule has 0 fully saturated rings. The van der Waals surface area contributed by atoms with Crippen molar-refractivity contribution >= 4 is 0 Å². The van der Waals surface area contributed by atoms with Crippen molar-refractivity contribution in [1.82, 2.24) is 9.78 Å². The fourth-order valence-corrected chi connectivity index (χ4v) is 2.69. The molecule has 1 heterocycles. The van der Waals surface area contributed by atoms with Gasteiger partial charge in [0.2, 0.25) is 0 Å². The molecule has 0 amide bonds. The quantitative estimate of drug-likeness (QED) is 0.765. The summed E-state index contributed by atoms with van der Waals surface area (Å²) in [5, 5.41) is 13.7. The average Bonchev–Trinajstić information content (AvgIpc) is 2.78. The summed E-state index contributed by atoms with van der Waals surface area (Å²) in [6, 6.07) is 10.4. The number of para-hydroxylation sites is 1. The zero-order valence-electron chi connectivity index (χ0n) is 10.5. The smallest absolute Gasteiger partial charge is 0.166 e. The first kappa shape index (κ1) is 11.0. The van der Waals surface area contributed by atoms with Crippen molar-refractivity contribution in [2.24, 2.45) is 0 Å². The number of nitriles is 1. The second kappa shape index (κ2) is 4.30. The van der Waals surface area contributed by atoms with Crippen molar-refractivity contribution in [2.45, 2.75) is 32.6 Å². The highest BCUT2D eigenvalue weighted by molar-refractivity contribution is 5.46. The van der Waals surface area contributed by atoms with Gasteiger partial charge in [-0.3, -0.25) is 0 Å². The van der Waals surface area contributed by atoms with Crippen LogP contribution < -0.4 is 0 Å². The number of hydrogen-bond acceptors (Lipinski definition) is 2. The topological polar surface area (TPSA) is 41.6 Å². The number of aromatic nitrogens is 2. The lowest BCUT2D eigenvalue weighted by molar-refractivity contribution is 0.652. The summed E-state index contributed by atoms with van der Waals surface area (Å²) in [7, 11) is 0. The van der Waals surface area contributed by atoms with Gasteiger partial charge in [-0.05, 0) is 44.2 Å². The SMILES string of the molecule is Cc1ccccc1-n1nc(C#N)c2c1CCCC2. The largest absolute Gasteiger partial charge is 0.236 e. The van der Waals surface area contributed by atoms with Crippen LogP contribution in [0.15, 0.2) is 24.3 Å². The average molecular weight is 237 g/mol. The van der Waals surface area contributed by atoms with Crippen molar-refractivity contribution in [3.05, 3.63) is 46.8 Å². The Balaban J connectivity index is 2.22. The maximum atomic E-state index is 9.20. The minimum atomic E-state index is 0.605. The highest BCUT2D eigenvalue weighted by Crippen LogP contribution is 2.27. The second-order valence-electron chi connectivity index (χ2n) is 4.79. The molecule has 2 aromatic rings. The minimum absolute atomic E-state index is 0.605. The van der Waals surface area contributed by atoms with Gasteiger partial charge in [-0.1, -0.05) is 18.2 Å². The molecule has 1 aromatic heterocycles. The molecule has 1 aromatic carbocycles. The summed E-state index contributed by atoms with van der Waals surface area (Å²) in [6.45, 7) is 2.08. The molecule has 0 saturated carbocycles. The van der Waals surface area contributed by atoms with Crippen molar-refractivity contribution < 1.29 is 0 Å². The van der Waals surface area contributed by atoms with Crippen LogP contribution in [0.4, 0.5) is 0 Å².